The second-order valence-corrected chi connectivity index (χ2v) is 8.81. The maximum atomic E-state index is 12.6. The van der Waals surface area contributed by atoms with Gasteiger partial charge in [-0.3, -0.25) is 0 Å². The highest BCUT2D eigenvalue weighted by molar-refractivity contribution is 7.80. The number of benzene rings is 2. The molecular formula is C24H24N4O2S2. The lowest BCUT2D eigenvalue weighted by Crippen LogP contribution is -2.20. The van der Waals surface area contributed by atoms with E-state index >= 15 is 0 Å². The summed E-state index contributed by atoms with van der Waals surface area (Å²) in [7, 11) is 0. The first-order valence-electron chi connectivity index (χ1n) is 10.6. The maximum Gasteiger partial charge on any atom is 0.341 e. The number of carbonyl (C=O) groups excluding carboxylic acids is 1. The number of thiophene rings is 1. The van der Waals surface area contributed by atoms with Crippen molar-refractivity contribution >= 4 is 56.7 Å². The van der Waals surface area contributed by atoms with Crippen LogP contribution in [0.2, 0.25) is 0 Å². The van der Waals surface area contributed by atoms with E-state index in [1.165, 1.54) is 4.88 Å². The molecule has 0 atom stereocenters. The van der Waals surface area contributed by atoms with Crippen molar-refractivity contribution in [2.45, 2.75) is 32.6 Å². The van der Waals surface area contributed by atoms with Gasteiger partial charge in [0, 0.05) is 10.6 Å². The fourth-order valence-corrected chi connectivity index (χ4v) is 5.13. The molecule has 0 aliphatic heterocycles. The average molecular weight is 465 g/mol. The van der Waals surface area contributed by atoms with E-state index < -0.39 is 0 Å². The van der Waals surface area contributed by atoms with Crippen molar-refractivity contribution in [2.24, 2.45) is 10.2 Å². The monoisotopic (exact) mass is 464 g/mol. The highest BCUT2D eigenvalue weighted by Crippen LogP contribution is 2.38. The first kappa shape index (κ1) is 22.1. The molecule has 4 rings (SSSR count). The Bertz CT molecular complexity index is 1120. The van der Waals surface area contributed by atoms with E-state index in [9.17, 15) is 4.79 Å². The molecule has 2 N–H and O–H groups in total. The zero-order valence-electron chi connectivity index (χ0n) is 17.8. The van der Waals surface area contributed by atoms with Gasteiger partial charge in [-0.25, -0.2) is 4.79 Å². The smallest absolute Gasteiger partial charge is 0.341 e. The number of aryl methyl sites for hydroxylation is 1. The largest absolute Gasteiger partial charge is 0.462 e. The number of esters is 1. The van der Waals surface area contributed by atoms with Crippen LogP contribution in [0.15, 0.2) is 64.8 Å². The standard InChI is InChI=1S/C24H24N4O2S2/c1-2-30-23(29)21-19-10-6-7-11-20(19)32-22(21)26-24(31)25-16-12-14-18(15-13-16)28-27-17-8-4-3-5-9-17/h3-5,8-9,12-15H,2,6-7,10-11H2,1H3,(H2,25,26,31). The van der Waals surface area contributed by atoms with Crippen LogP contribution in [0.3, 0.4) is 0 Å². The molecule has 1 aliphatic carbocycles. The fraction of sp³-hybridized carbons (Fsp3) is 0.250. The summed E-state index contributed by atoms with van der Waals surface area (Å²) in [4.78, 5) is 13.8. The van der Waals surface area contributed by atoms with Crippen molar-refractivity contribution in [1.29, 1.82) is 0 Å². The van der Waals surface area contributed by atoms with Gasteiger partial charge in [0.05, 0.1) is 23.5 Å². The van der Waals surface area contributed by atoms with Crippen molar-refractivity contribution in [3.05, 3.63) is 70.6 Å². The van der Waals surface area contributed by atoms with Crippen molar-refractivity contribution in [3.8, 4) is 0 Å². The van der Waals surface area contributed by atoms with Crippen molar-refractivity contribution in [1.82, 2.24) is 0 Å². The Kier molecular flexibility index (Phi) is 7.24. The molecule has 6 nitrogen and oxygen atoms in total. The summed E-state index contributed by atoms with van der Waals surface area (Å²) in [5.41, 5.74) is 4.11. The van der Waals surface area contributed by atoms with Crippen LogP contribution in [0.4, 0.5) is 22.1 Å². The molecule has 0 spiro atoms. The molecule has 0 bridgehead atoms. The molecule has 164 valence electrons. The normalized spacial score (nSPS) is 12.9. The predicted octanol–water partition coefficient (Wildman–Crippen LogP) is 7.03. The number of nitrogens with zero attached hydrogens (tertiary/aromatic N) is 2. The van der Waals surface area contributed by atoms with Gasteiger partial charge in [-0.1, -0.05) is 18.2 Å². The van der Waals surface area contributed by atoms with Crippen molar-refractivity contribution in [2.75, 3.05) is 17.2 Å². The van der Waals surface area contributed by atoms with Gasteiger partial charge in [-0.05, 0) is 86.8 Å². The minimum absolute atomic E-state index is 0.287. The van der Waals surface area contributed by atoms with E-state index in [0.717, 1.165) is 53.3 Å². The summed E-state index contributed by atoms with van der Waals surface area (Å²) >= 11 is 7.10. The second kappa shape index (κ2) is 10.5. The lowest BCUT2D eigenvalue weighted by Gasteiger charge is -2.13. The number of azo groups is 1. The molecule has 0 saturated carbocycles. The van der Waals surface area contributed by atoms with Gasteiger partial charge in [-0.2, -0.15) is 10.2 Å². The fourth-order valence-electron chi connectivity index (χ4n) is 3.56. The number of nitrogens with one attached hydrogen (secondary N) is 2. The van der Waals surface area contributed by atoms with Gasteiger partial charge >= 0.3 is 5.97 Å². The molecule has 2 aromatic carbocycles. The van der Waals surface area contributed by atoms with Gasteiger partial charge < -0.3 is 15.4 Å². The van der Waals surface area contributed by atoms with Gasteiger partial charge in [-0.15, -0.1) is 11.3 Å². The zero-order valence-corrected chi connectivity index (χ0v) is 19.4. The summed E-state index contributed by atoms with van der Waals surface area (Å²) in [6.45, 7) is 2.17. The third kappa shape index (κ3) is 5.38. The van der Waals surface area contributed by atoms with Crippen LogP contribution in [-0.2, 0) is 17.6 Å². The van der Waals surface area contributed by atoms with E-state index in [4.69, 9.17) is 17.0 Å². The highest BCUT2D eigenvalue weighted by Gasteiger charge is 2.26. The molecule has 8 heteroatoms. The molecule has 0 saturated heterocycles. The number of fused-ring (bicyclic) bond motifs is 1. The van der Waals surface area contributed by atoms with E-state index in [1.807, 2.05) is 61.5 Å². The maximum absolute atomic E-state index is 12.6. The van der Waals surface area contributed by atoms with Crippen molar-refractivity contribution < 1.29 is 9.53 Å². The van der Waals surface area contributed by atoms with Gasteiger partial charge in [0.25, 0.3) is 0 Å². The summed E-state index contributed by atoms with van der Waals surface area (Å²) in [5, 5.41) is 16.0. The Morgan fingerprint density at radius 2 is 1.69 bits per heavy atom. The van der Waals surface area contributed by atoms with Gasteiger partial charge in [0.15, 0.2) is 5.11 Å². The third-order valence-electron chi connectivity index (χ3n) is 5.04. The quantitative estimate of drug-likeness (QED) is 0.233. The minimum Gasteiger partial charge on any atom is -0.462 e. The molecular weight excluding hydrogens is 440 g/mol. The van der Waals surface area contributed by atoms with Crippen LogP contribution in [0.5, 0.6) is 0 Å². The van der Waals surface area contributed by atoms with Gasteiger partial charge in [0.2, 0.25) is 0 Å². The summed E-state index contributed by atoms with van der Waals surface area (Å²) < 4.78 is 5.31. The molecule has 1 heterocycles. The molecule has 1 aliphatic rings. The number of carbonyl (C=O) groups is 1. The average Bonchev–Trinajstić information content (AvgIpc) is 3.17. The topological polar surface area (TPSA) is 75.1 Å². The van der Waals surface area contributed by atoms with E-state index in [-0.39, 0.29) is 5.97 Å². The van der Waals surface area contributed by atoms with Gasteiger partial charge in [0.1, 0.15) is 5.00 Å². The minimum atomic E-state index is -0.287. The summed E-state index contributed by atoms with van der Waals surface area (Å²) in [6, 6.07) is 17.1. The van der Waals surface area contributed by atoms with Crippen LogP contribution < -0.4 is 10.6 Å². The molecule has 0 amide bonds. The van der Waals surface area contributed by atoms with E-state index in [0.29, 0.717) is 17.3 Å². The molecule has 0 unspecified atom stereocenters. The molecule has 0 radical (unpaired) electrons. The Morgan fingerprint density at radius 3 is 2.41 bits per heavy atom. The number of hydrogen-bond donors (Lipinski definition) is 2. The van der Waals surface area contributed by atoms with Crippen LogP contribution in [0.25, 0.3) is 0 Å². The Labute approximate surface area is 196 Å². The van der Waals surface area contributed by atoms with Crippen LogP contribution >= 0.6 is 23.6 Å². The Hall–Kier alpha value is -3.10. The Balaban J connectivity index is 1.43. The van der Waals surface area contributed by atoms with Crippen molar-refractivity contribution in [3.63, 3.8) is 0 Å². The van der Waals surface area contributed by atoms with Crippen LogP contribution in [-0.4, -0.2) is 17.7 Å². The number of hydrogen-bond acceptors (Lipinski definition) is 6. The highest BCUT2D eigenvalue weighted by atomic mass is 32.1. The summed E-state index contributed by atoms with van der Waals surface area (Å²) in [6.07, 6.45) is 4.13. The zero-order chi connectivity index (χ0) is 22.3. The predicted molar refractivity (Wildman–Crippen MR) is 134 cm³/mol. The Morgan fingerprint density at radius 1 is 1.00 bits per heavy atom. The number of thiocarbonyl (C=S) groups is 1. The first-order chi connectivity index (χ1) is 15.6. The van der Waals surface area contributed by atoms with Crippen LogP contribution in [0, 0.1) is 0 Å². The molecule has 1 aromatic heterocycles. The molecule has 3 aromatic rings. The first-order valence-corrected chi connectivity index (χ1v) is 11.8. The number of rotatable bonds is 6. The van der Waals surface area contributed by atoms with E-state index in [2.05, 4.69) is 20.9 Å². The lowest BCUT2D eigenvalue weighted by molar-refractivity contribution is 0.0526. The third-order valence-corrected chi connectivity index (χ3v) is 6.45. The molecule has 0 fully saturated rings. The van der Waals surface area contributed by atoms with Crippen LogP contribution in [0.1, 0.15) is 40.6 Å². The number of ether oxygens (including phenoxy) is 1. The lowest BCUT2D eigenvalue weighted by atomic mass is 9.95. The second-order valence-electron chi connectivity index (χ2n) is 7.30. The number of anilines is 2. The summed E-state index contributed by atoms with van der Waals surface area (Å²) in [5.74, 6) is -0.287. The van der Waals surface area contributed by atoms with E-state index in [1.54, 1.807) is 11.3 Å². The SMILES string of the molecule is CCOC(=O)c1c(NC(=S)Nc2ccc(N=Nc3ccccc3)cc2)sc2c1CCCC2. The molecule has 32 heavy (non-hydrogen) atoms.